The zero-order chi connectivity index (χ0) is 49.8. The van der Waals surface area contributed by atoms with Crippen molar-refractivity contribution >= 4 is 43.6 Å². The largest absolute Gasteiger partial charge is 0.343 e. The second-order valence-corrected chi connectivity index (χ2v) is 18.7. The van der Waals surface area contributed by atoms with Gasteiger partial charge in [-0.15, -0.1) is 0 Å². The highest BCUT2D eigenvalue weighted by Crippen LogP contribution is 2.47. The molecule has 10 aromatic carbocycles. The zero-order valence-corrected chi connectivity index (χ0v) is 40.7. The summed E-state index contributed by atoms with van der Waals surface area (Å²) in [4.78, 5) is 30.0. The van der Waals surface area contributed by atoms with E-state index in [1.54, 1.807) is 0 Å². The molecular weight excluding hydrogens is 917 g/mol. The summed E-state index contributed by atoms with van der Waals surface area (Å²) in [6.45, 7) is 0. The molecule has 8 nitrogen and oxygen atoms in total. The van der Waals surface area contributed by atoms with Gasteiger partial charge in [0.15, 0.2) is 34.9 Å². The number of aromatic nitrogens is 8. The van der Waals surface area contributed by atoms with Crippen molar-refractivity contribution in [2.45, 2.75) is 0 Å². The molecule has 0 saturated heterocycles. The van der Waals surface area contributed by atoms with E-state index < -0.39 is 0 Å². The third kappa shape index (κ3) is 7.63. The van der Waals surface area contributed by atoms with Gasteiger partial charge >= 0.3 is 0 Å². The molecule has 0 amide bonds. The van der Waals surface area contributed by atoms with Gasteiger partial charge in [-0.25, -0.2) is 29.9 Å². The lowest BCUT2D eigenvalue weighted by Crippen LogP contribution is -2.00. The van der Waals surface area contributed by atoms with Crippen LogP contribution in [0.5, 0.6) is 0 Å². The summed E-state index contributed by atoms with van der Waals surface area (Å²) in [6.07, 6.45) is 0. The molecule has 4 aromatic heterocycles. The average Bonchev–Trinajstić information content (AvgIpc) is 3.99. The molecule has 0 fully saturated rings. The van der Waals surface area contributed by atoms with E-state index in [0.717, 1.165) is 77.9 Å². The Morgan fingerprint density at radius 2 is 0.627 bits per heavy atom. The van der Waals surface area contributed by atoms with Gasteiger partial charge in [0.1, 0.15) is 0 Å². The van der Waals surface area contributed by atoms with Crippen molar-refractivity contribution in [1.29, 1.82) is 0 Å². The van der Waals surface area contributed by atoms with Crippen LogP contribution in [0.1, 0.15) is 0 Å². The van der Waals surface area contributed by atoms with Gasteiger partial charge in [-0.05, 0) is 35.4 Å². The Kier molecular flexibility index (Phi) is 10.5. The number of fused-ring (bicyclic) bond motifs is 7. The fourth-order valence-corrected chi connectivity index (χ4v) is 10.7. The fraction of sp³-hybridized carbons (Fsp3) is 0.0149. The Morgan fingerprint density at radius 3 is 1.08 bits per heavy atom. The Hall–Kier alpha value is -10.2. The number of hydrogen-bond donors (Lipinski definition) is 0. The Bertz CT molecular complexity index is 4310. The molecule has 8 heteroatoms. The average molecular weight is 961 g/mol. The molecule has 0 radical (unpaired) electrons. The highest BCUT2D eigenvalue weighted by atomic mass is 15.0. The molecule has 0 aliphatic heterocycles. The number of rotatable bonds is 9. The molecular formula is C67H44N8. The number of benzene rings is 10. The van der Waals surface area contributed by atoms with E-state index in [1.165, 1.54) is 27.1 Å². The maximum atomic E-state index is 5.06. The van der Waals surface area contributed by atoms with E-state index in [9.17, 15) is 0 Å². The summed E-state index contributed by atoms with van der Waals surface area (Å²) in [5, 5.41) is 4.73. The van der Waals surface area contributed by atoms with Crippen molar-refractivity contribution in [3.05, 3.63) is 249 Å². The molecule has 75 heavy (non-hydrogen) atoms. The second kappa shape index (κ2) is 18.1. The van der Waals surface area contributed by atoms with E-state index in [0.29, 0.717) is 34.9 Å². The summed E-state index contributed by atoms with van der Waals surface area (Å²) in [5.41, 5.74) is 15.7. The van der Waals surface area contributed by atoms with Crippen LogP contribution in [0.3, 0.4) is 0 Å². The van der Waals surface area contributed by atoms with Gasteiger partial charge in [0, 0.05) is 78.8 Å². The monoisotopic (exact) mass is 960 g/mol. The first-order valence-electron chi connectivity index (χ1n) is 25.1. The Morgan fingerprint density at radius 1 is 0.267 bits per heavy atom. The van der Waals surface area contributed by atoms with Crippen LogP contribution < -0.4 is 0 Å². The topological polar surface area (TPSA) is 87.2 Å². The Balaban J connectivity index is 0.953. The van der Waals surface area contributed by atoms with E-state index >= 15 is 0 Å². The van der Waals surface area contributed by atoms with Crippen LogP contribution in [0, 0.1) is 0 Å². The molecule has 0 N–H and O–H groups in total. The molecule has 14 aromatic rings. The molecule has 0 aliphatic rings. The maximum absolute atomic E-state index is 5.06. The van der Waals surface area contributed by atoms with Crippen LogP contribution >= 0.6 is 0 Å². The third-order valence-corrected chi connectivity index (χ3v) is 14.2. The number of nitrogens with zero attached hydrogens (tertiary/aromatic N) is 8. The van der Waals surface area contributed by atoms with Gasteiger partial charge in [0.05, 0.1) is 22.1 Å². The number of aryl methyl sites for hydroxylation is 1. The second-order valence-electron chi connectivity index (χ2n) is 18.7. The molecule has 352 valence electrons. The lowest BCUT2D eigenvalue weighted by atomic mass is 9.96. The number of hydrogen-bond acceptors (Lipinski definition) is 6. The summed E-state index contributed by atoms with van der Waals surface area (Å²) >= 11 is 0. The smallest absolute Gasteiger partial charge is 0.164 e. The first kappa shape index (κ1) is 43.6. The SMILES string of the molecule is Cn1c2c(-c3ccc(-c4nc(-c5ccccc5)nc(-c5ccccc5)n4)cc3)cccc2c2c1c(-c1ccc(-c3nc(-c4ccccc4)nc(-c4ccccc4)n3)cc1)cc1c3ccccc3n(-c3ccccc3)c12. The van der Waals surface area contributed by atoms with Crippen molar-refractivity contribution < 1.29 is 0 Å². The molecule has 4 heterocycles. The highest BCUT2D eigenvalue weighted by Gasteiger charge is 2.25. The van der Waals surface area contributed by atoms with Gasteiger partial charge in [-0.1, -0.05) is 224 Å². The number of para-hydroxylation sites is 3. The van der Waals surface area contributed by atoms with Crippen molar-refractivity contribution in [1.82, 2.24) is 39.0 Å². The van der Waals surface area contributed by atoms with E-state index in [-0.39, 0.29) is 0 Å². The van der Waals surface area contributed by atoms with Gasteiger partial charge < -0.3 is 9.13 Å². The maximum Gasteiger partial charge on any atom is 0.164 e. The minimum absolute atomic E-state index is 0.616. The molecule has 0 saturated carbocycles. The lowest BCUT2D eigenvalue weighted by Gasteiger charge is -2.13. The van der Waals surface area contributed by atoms with Gasteiger partial charge in [-0.2, -0.15) is 0 Å². The first-order valence-corrected chi connectivity index (χ1v) is 25.1. The van der Waals surface area contributed by atoms with Crippen LogP contribution in [0.2, 0.25) is 0 Å². The van der Waals surface area contributed by atoms with Gasteiger partial charge in [0.25, 0.3) is 0 Å². The summed E-state index contributed by atoms with van der Waals surface area (Å²) < 4.78 is 4.84. The standard InChI is InChI=1S/C67H44N8/c1-74-59-52(43-34-38-49(39-35-43)66-70-62(45-20-7-2-8-21-45)68-63(71-66)46-22-9-3-10-23-46)31-19-32-54(59)58-60(74)55(42-56-53-30-17-18-33-57(53)75(61(56)58)51-28-15-6-16-29-51)44-36-40-50(41-37-44)67-72-64(47-24-11-4-12-25-47)69-65(73-67)48-26-13-5-14-27-48/h2-42H,1H3. The van der Waals surface area contributed by atoms with Crippen LogP contribution in [0.15, 0.2) is 249 Å². The van der Waals surface area contributed by atoms with Crippen LogP contribution in [0.25, 0.3) is 140 Å². The quantitative estimate of drug-likeness (QED) is 0.143. The summed E-state index contributed by atoms with van der Waals surface area (Å²) in [7, 11) is 2.21. The molecule has 0 atom stereocenters. The predicted octanol–water partition coefficient (Wildman–Crippen LogP) is 16.1. The van der Waals surface area contributed by atoms with Crippen molar-refractivity contribution in [2.75, 3.05) is 0 Å². The summed E-state index contributed by atoms with van der Waals surface area (Å²) in [5.74, 6) is 3.76. The van der Waals surface area contributed by atoms with Gasteiger partial charge in [-0.3, -0.25) is 0 Å². The molecule has 14 rings (SSSR count). The Labute approximate surface area is 432 Å². The van der Waals surface area contributed by atoms with Gasteiger partial charge in [0.2, 0.25) is 0 Å². The molecule has 0 bridgehead atoms. The minimum Gasteiger partial charge on any atom is -0.343 e. The van der Waals surface area contributed by atoms with Crippen molar-refractivity contribution in [3.8, 4) is 96.3 Å². The van der Waals surface area contributed by atoms with Crippen LogP contribution in [0.4, 0.5) is 0 Å². The van der Waals surface area contributed by atoms with E-state index in [4.69, 9.17) is 29.9 Å². The highest BCUT2D eigenvalue weighted by molar-refractivity contribution is 6.30. The van der Waals surface area contributed by atoms with Crippen LogP contribution in [-0.4, -0.2) is 39.0 Å². The van der Waals surface area contributed by atoms with Crippen molar-refractivity contribution in [2.24, 2.45) is 7.05 Å². The van der Waals surface area contributed by atoms with Crippen molar-refractivity contribution in [3.63, 3.8) is 0 Å². The minimum atomic E-state index is 0.616. The van der Waals surface area contributed by atoms with Crippen LogP contribution in [-0.2, 0) is 7.05 Å². The van der Waals surface area contributed by atoms with E-state index in [1.807, 2.05) is 121 Å². The lowest BCUT2D eigenvalue weighted by molar-refractivity contribution is 1.02. The van der Waals surface area contributed by atoms with E-state index in [2.05, 4.69) is 144 Å². The molecule has 0 aliphatic carbocycles. The zero-order valence-electron chi connectivity index (χ0n) is 40.7. The molecule has 0 unspecified atom stereocenters. The summed E-state index contributed by atoms with van der Waals surface area (Å²) in [6, 6.07) is 86.4. The molecule has 0 spiro atoms. The fourth-order valence-electron chi connectivity index (χ4n) is 10.7. The predicted molar refractivity (Wildman–Crippen MR) is 305 cm³/mol. The first-order chi connectivity index (χ1) is 37.1. The third-order valence-electron chi connectivity index (χ3n) is 14.2. The normalized spacial score (nSPS) is 11.5.